The first kappa shape index (κ1) is 19.8. The van der Waals surface area contributed by atoms with Crippen LogP contribution in [0.4, 0.5) is 14.6 Å². The molecule has 0 aliphatic heterocycles. The molecule has 6 nitrogen and oxygen atoms in total. The van der Waals surface area contributed by atoms with Crippen molar-refractivity contribution in [2.45, 2.75) is 25.8 Å². The number of allylic oxidation sites excluding steroid dienone is 5. The van der Waals surface area contributed by atoms with E-state index in [1.54, 1.807) is 4.68 Å². The topological polar surface area (TPSA) is 78.9 Å². The maximum absolute atomic E-state index is 14.2. The molecule has 8 heteroatoms. The largest absolute Gasteiger partial charge is 0.494 e. The van der Waals surface area contributed by atoms with Crippen molar-refractivity contribution in [2.24, 2.45) is 0 Å². The van der Waals surface area contributed by atoms with Crippen LogP contribution in [0.2, 0.25) is 0 Å². The number of hydrogen-bond donors (Lipinski definition) is 1. The number of fused-ring (bicyclic) bond motifs is 1. The minimum Gasteiger partial charge on any atom is -0.494 e. The molecule has 30 heavy (non-hydrogen) atoms. The Morgan fingerprint density at radius 1 is 1.23 bits per heavy atom. The molecule has 1 aliphatic carbocycles. The van der Waals surface area contributed by atoms with E-state index in [0.29, 0.717) is 22.3 Å². The van der Waals surface area contributed by atoms with Crippen molar-refractivity contribution in [3.8, 4) is 17.0 Å². The zero-order valence-electron chi connectivity index (χ0n) is 16.7. The Bertz CT molecular complexity index is 1210. The number of methoxy groups -OCH3 is 1. The number of nitrogen functional groups attached to an aromatic ring is 1. The second-order valence-electron chi connectivity index (χ2n) is 7.04. The summed E-state index contributed by atoms with van der Waals surface area (Å²) in [4.78, 5) is 8.45. The van der Waals surface area contributed by atoms with Crippen LogP contribution in [0.3, 0.4) is 0 Å². The zero-order chi connectivity index (χ0) is 21.4. The molecule has 154 valence electrons. The van der Waals surface area contributed by atoms with Gasteiger partial charge in [-0.15, -0.1) is 0 Å². The Kier molecular flexibility index (Phi) is 5.07. The fourth-order valence-electron chi connectivity index (χ4n) is 3.91. The van der Waals surface area contributed by atoms with Crippen molar-refractivity contribution >= 4 is 16.9 Å². The van der Waals surface area contributed by atoms with Crippen LogP contribution in [0.15, 0.2) is 54.4 Å². The summed E-state index contributed by atoms with van der Waals surface area (Å²) >= 11 is 0. The van der Waals surface area contributed by atoms with Gasteiger partial charge in [0.2, 0.25) is 5.82 Å². The summed E-state index contributed by atoms with van der Waals surface area (Å²) < 4.78 is 34.9. The summed E-state index contributed by atoms with van der Waals surface area (Å²) in [5.74, 6) is -2.08. The van der Waals surface area contributed by atoms with E-state index in [0.717, 1.165) is 24.5 Å². The van der Waals surface area contributed by atoms with Gasteiger partial charge in [0.25, 0.3) is 0 Å². The van der Waals surface area contributed by atoms with E-state index >= 15 is 0 Å². The lowest BCUT2D eigenvalue weighted by Gasteiger charge is -2.11. The summed E-state index contributed by atoms with van der Waals surface area (Å²) in [5.41, 5.74) is 9.70. The molecule has 1 atom stereocenters. The molecular formula is C22H21F2N5O. The van der Waals surface area contributed by atoms with E-state index in [9.17, 15) is 8.78 Å². The fourth-order valence-corrected chi connectivity index (χ4v) is 3.91. The van der Waals surface area contributed by atoms with Gasteiger partial charge in [-0.05, 0) is 43.0 Å². The molecular weight excluding hydrogens is 388 g/mol. The van der Waals surface area contributed by atoms with E-state index in [4.69, 9.17) is 15.6 Å². The van der Waals surface area contributed by atoms with Crippen LogP contribution in [-0.4, -0.2) is 26.9 Å². The SMILES string of the molecule is C=CC1=C(/C=C\C)CC(n2nc(-c3cc(F)c(F)c(OC)c3)c3c(N)ncnc32)C1. The van der Waals surface area contributed by atoms with Crippen LogP contribution < -0.4 is 10.5 Å². The van der Waals surface area contributed by atoms with Gasteiger partial charge in [0.05, 0.1) is 18.5 Å². The van der Waals surface area contributed by atoms with Gasteiger partial charge in [0.15, 0.2) is 17.2 Å². The van der Waals surface area contributed by atoms with Gasteiger partial charge in [-0.1, -0.05) is 24.8 Å². The maximum atomic E-state index is 14.2. The van der Waals surface area contributed by atoms with Gasteiger partial charge >= 0.3 is 0 Å². The number of aromatic nitrogens is 4. The predicted molar refractivity (Wildman–Crippen MR) is 112 cm³/mol. The van der Waals surface area contributed by atoms with Crippen molar-refractivity contribution in [1.29, 1.82) is 0 Å². The molecule has 0 fully saturated rings. The Balaban J connectivity index is 1.89. The molecule has 4 rings (SSSR count). The average Bonchev–Trinajstić information content (AvgIpc) is 3.32. The Labute approximate surface area is 172 Å². The zero-order valence-corrected chi connectivity index (χ0v) is 16.7. The fraction of sp³-hybridized carbons (Fsp3) is 0.227. The maximum Gasteiger partial charge on any atom is 0.200 e. The first-order chi connectivity index (χ1) is 14.5. The standard InChI is InChI=1S/C22H21F2N5O/c1-4-6-13-8-15(7-12(13)5-2)29-22-18(21(25)26-11-27-22)20(28-29)14-9-16(23)19(24)17(10-14)30-3/h4-6,9-11,15H,2,7-8H2,1,3H3,(H2,25,26,27)/b6-4-. The number of benzene rings is 1. The van der Waals surface area contributed by atoms with Crippen molar-refractivity contribution in [3.63, 3.8) is 0 Å². The predicted octanol–water partition coefficient (Wildman–Crippen LogP) is 4.76. The lowest BCUT2D eigenvalue weighted by atomic mass is 10.1. The molecule has 0 radical (unpaired) electrons. The summed E-state index contributed by atoms with van der Waals surface area (Å²) in [7, 11) is 1.28. The van der Waals surface area contributed by atoms with E-state index in [1.165, 1.54) is 25.1 Å². The van der Waals surface area contributed by atoms with Crippen LogP contribution in [0.25, 0.3) is 22.3 Å². The highest BCUT2D eigenvalue weighted by Gasteiger charge is 2.28. The molecule has 1 aromatic carbocycles. The number of anilines is 1. The van der Waals surface area contributed by atoms with Gasteiger partial charge in [-0.3, -0.25) is 0 Å². The number of halogens is 2. The second kappa shape index (κ2) is 7.70. The lowest BCUT2D eigenvalue weighted by Crippen LogP contribution is -2.09. The van der Waals surface area contributed by atoms with Gasteiger partial charge in [0.1, 0.15) is 17.8 Å². The Morgan fingerprint density at radius 3 is 2.70 bits per heavy atom. The molecule has 1 aliphatic rings. The quantitative estimate of drug-likeness (QED) is 0.658. The molecule has 1 unspecified atom stereocenters. The minimum absolute atomic E-state index is 0.0121. The highest BCUT2D eigenvalue weighted by atomic mass is 19.2. The number of rotatable bonds is 5. The van der Waals surface area contributed by atoms with Crippen LogP contribution in [0.1, 0.15) is 25.8 Å². The number of ether oxygens (including phenoxy) is 1. The van der Waals surface area contributed by atoms with Gasteiger partial charge < -0.3 is 10.5 Å². The van der Waals surface area contributed by atoms with Crippen LogP contribution in [0.5, 0.6) is 5.75 Å². The van der Waals surface area contributed by atoms with Crippen LogP contribution in [0, 0.1) is 11.6 Å². The number of hydrogen-bond acceptors (Lipinski definition) is 5. The highest BCUT2D eigenvalue weighted by molar-refractivity contribution is 5.98. The van der Waals surface area contributed by atoms with Crippen molar-refractivity contribution < 1.29 is 13.5 Å². The lowest BCUT2D eigenvalue weighted by molar-refractivity contribution is 0.372. The number of nitrogens with zero attached hydrogens (tertiary/aromatic N) is 4. The first-order valence-corrected chi connectivity index (χ1v) is 9.47. The molecule has 2 N–H and O–H groups in total. The van der Waals surface area contributed by atoms with Crippen molar-refractivity contribution in [3.05, 3.63) is 66.0 Å². The van der Waals surface area contributed by atoms with Gasteiger partial charge in [-0.25, -0.2) is 19.0 Å². The molecule has 2 aromatic heterocycles. The molecule has 0 bridgehead atoms. The summed E-state index contributed by atoms with van der Waals surface area (Å²) in [6.07, 6.45) is 8.74. The van der Waals surface area contributed by atoms with E-state index in [2.05, 4.69) is 22.6 Å². The third-order valence-corrected chi connectivity index (χ3v) is 5.29. The summed E-state index contributed by atoms with van der Waals surface area (Å²) in [6, 6.07) is 2.45. The average molecular weight is 409 g/mol. The minimum atomic E-state index is -1.05. The third kappa shape index (κ3) is 3.14. The molecule has 2 heterocycles. The van der Waals surface area contributed by atoms with Gasteiger partial charge in [-0.2, -0.15) is 9.49 Å². The van der Waals surface area contributed by atoms with Gasteiger partial charge in [0, 0.05) is 5.56 Å². The summed E-state index contributed by atoms with van der Waals surface area (Å²) in [5, 5.41) is 5.21. The van der Waals surface area contributed by atoms with Crippen LogP contribution >= 0.6 is 0 Å². The van der Waals surface area contributed by atoms with E-state index < -0.39 is 11.6 Å². The second-order valence-corrected chi connectivity index (χ2v) is 7.04. The molecule has 0 amide bonds. The normalized spacial score (nSPS) is 16.7. The molecule has 0 saturated heterocycles. The van der Waals surface area contributed by atoms with Crippen LogP contribution in [-0.2, 0) is 0 Å². The molecule has 0 saturated carbocycles. The summed E-state index contributed by atoms with van der Waals surface area (Å²) in [6.45, 7) is 5.88. The van der Waals surface area contributed by atoms with Crippen molar-refractivity contribution in [1.82, 2.24) is 19.7 Å². The first-order valence-electron chi connectivity index (χ1n) is 9.47. The van der Waals surface area contributed by atoms with E-state index in [1.807, 2.05) is 19.1 Å². The Morgan fingerprint density at radius 2 is 2.00 bits per heavy atom. The Hall–Kier alpha value is -3.55. The third-order valence-electron chi connectivity index (χ3n) is 5.29. The highest BCUT2D eigenvalue weighted by Crippen LogP contribution is 2.40. The number of nitrogens with two attached hydrogens (primary N) is 1. The monoisotopic (exact) mass is 409 g/mol. The molecule has 0 spiro atoms. The van der Waals surface area contributed by atoms with Crippen molar-refractivity contribution in [2.75, 3.05) is 12.8 Å². The molecule has 3 aromatic rings. The van der Waals surface area contributed by atoms with E-state index in [-0.39, 0.29) is 17.6 Å². The smallest absolute Gasteiger partial charge is 0.200 e.